The minimum Gasteiger partial charge on any atom is -0.352 e. The monoisotopic (exact) mass is 317 g/mol. The van der Waals surface area contributed by atoms with Crippen LogP contribution in [0.2, 0.25) is 0 Å². The summed E-state index contributed by atoms with van der Waals surface area (Å²) >= 11 is 0. The molecule has 1 heterocycles. The maximum absolute atomic E-state index is 12.1. The molecule has 0 radical (unpaired) electrons. The van der Waals surface area contributed by atoms with Crippen molar-refractivity contribution in [2.24, 2.45) is 0 Å². The maximum atomic E-state index is 12.1. The van der Waals surface area contributed by atoms with E-state index in [0.717, 1.165) is 6.42 Å². The van der Waals surface area contributed by atoms with Gasteiger partial charge in [-0.1, -0.05) is 60.7 Å². The van der Waals surface area contributed by atoms with E-state index in [-0.39, 0.29) is 11.8 Å². The molecule has 24 heavy (non-hydrogen) atoms. The Hall–Kier alpha value is -3.01. The van der Waals surface area contributed by atoms with Gasteiger partial charge in [0.1, 0.15) is 0 Å². The van der Waals surface area contributed by atoms with Gasteiger partial charge in [-0.25, -0.2) is 0 Å². The van der Waals surface area contributed by atoms with Crippen molar-refractivity contribution in [1.82, 2.24) is 15.5 Å². The van der Waals surface area contributed by atoms with E-state index < -0.39 is 0 Å². The Labute approximate surface area is 141 Å². The van der Waals surface area contributed by atoms with E-state index in [9.17, 15) is 4.79 Å². The van der Waals surface area contributed by atoms with Crippen molar-refractivity contribution in [3.63, 3.8) is 0 Å². The SMILES string of the molecule is O=C(NCCC(c1ccccc1)c1ccccc1)c1ccnnc1. The fourth-order valence-electron chi connectivity index (χ4n) is 2.75. The minimum absolute atomic E-state index is 0.121. The highest BCUT2D eigenvalue weighted by atomic mass is 16.1. The molecule has 0 aliphatic rings. The summed E-state index contributed by atoms with van der Waals surface area (Å²) in [6.45, 7) is 0.593. The Bertz CT molecular complexity index is 721. The number of amides is 1. The predicted octanol–water partition coefficient (Wildman–Crippen LogP) is 3.43. The number of carbonyl (C=O) groups is 1. The van der Waals surface area contributed by atoms with E-state index in [2.05, 4.69) is 39.8 Å². The van der Waals surface area contributed by atoms with Gasteiger partial charge in [-0.05, 0) is 23.6 Å². The third-order valence-electron chi connectivity index (χ3n) is 3.97. The molecule has 1 amide bonds. The lowest BCUT2D eigenvalue weighted by Crippen LogP contribution is -2.26. The van der Waals surface area contributed by atoms with E-state index in [4.69, 9.17) is 0 Å². The molecule has 0 atom stereocenters. The van der Waals surface area contributed by atoms with E-state index >= 15 is 0 Å². The molecule has 3 rings (SSSR count). The van der Waals surface area contributed by atoms with E-state index in [1.165, 1.54) is 23.5 Å². The fourth-order valence-corrected chi connectivity index (χ4v) is 2.75. The van der Waals surface area contributed by atoms with Crippen LogP contribution in [0.5, 0.6) is 0 Å². The highest BCUT2D eigenvalue weighted by molar-refractivity contribution is 5.93. The molecule has 2 aromatic carbocycles. The number of carbonyl (C=O) groups excluding carboxylic acids is 1. The lowest BCUT2D eigenvalue weighted by molar-refractivity contribution is 0.0952. The molecule has 4 heteroatoms. The fraction of sp³-hybridized carbons (Fsp3) is 0.150. The number of hydrogen-bond acceptors (Lipinski definition) is 3. The van der Waals surface area contributed by atoms with Crippen molar-refractivity contribution in [2.45, 2.75) is 12.3 Å². The van der Waals surface area contributed by atoms with E-state index in [0.29, 0.717) is 12.1 Å². The molecule has 0 spiro atoms. The molecular formula is C20H19N3O. The molecule has 0 saturated carbocycles. The number of nitrogens with one attached hydrogen (secondary N) is 1. The summed E-state index contributed by atoms with van der Waals surface area (Å²) in [5.41, 5.74) is 3.04. The third-order valence-corrected chi connectivity index (χ3v) is 3.97. The molecule has 0 fully saturated rings. The van der Waals surface area contributed by atoms with Gasteiger partial charge < -0.3 is 5.32 Å². The molecule has 0 saturated heterocycles. The summed E-state index contributed by atoms with van der Waals surface area (Å²) in [7, 11) is 0. The van der Waals surface area contributed by atoms with Crippen molar-refractivity contribution in [2.75, 3.05) is 6.54 Å². The Morgan fingerprint density at radius 3 is 2.04 bits per heavy atom. The van der Waals surface area contributed by atoms with Crippen LogP contribution >= 0.6 is 0 Å². The predicted molar refractivity (Wildman–Crippen MR) is 93.7 cm³/mol. The van der Waals surface area contributed by atoms with Crippen LogP contribution in [0, 0.1) is 0 Å². The van der Waals surface area contributed by atoms with Gasteiger partial charge in [-0.15, -0.1) is 0 Å². The molecule has 1 aromatic heterocycles. The normalized spacial score (nSPS) is 10.5. The Morgan fingerprint density at radius 1 is 0.875 bits per heavy atom. The van der Waals surface area contributed by atoms with Crippen molar-refractivity contribution >= 4 is 5.91 Å². The second-order valence-electron chi connectivity index (χ2n) is 5.55. The van der Waals surface area contributed by atoms with Gasteiger partial charge in [0.15, 0.2) is 0 Å². The zero-order chi connectivity index (χ0) is 16.6. The maximum Gasteiger partial charge on any atom is 0.252 e. The summed E-state index contributed by atoms with van der Waals surface area (Å²) in [6, 6.07) is 22.4. The van der Waals surface area contributed by atoms with Crippen LogP contribution in [0.15, 0.2) is 79.1 Å². The second kappa shape index (κ2) is 8.02. The molecule has 4 nitrogen and oxygen atoms in total. The quantitative estimate of drug-likeness (QED) is 0.758. The van der Waals surface area contributed by atoms with Crippen LogP contribution in [-0.4, -0.2) is 22.6 Å². The average Bonchev–Trinajstić information content (AvgIpc) is 2.67. The Balaban J connectivity index is 1.68. The van der Waals surface area contributed by atoms with Crippen LogP contribution in [0.25, 0.3) is 0 Å². The topological polar surface area (TPSA) is 54.9 Å². The zero-order valence-electron chi connectivity index (χ0n) is 13.3. The lowest BCUT2D eigenvalue weighted by atomic mass is 9.88. The van der Waals surface area contributed by atoms with Crippen molar-refractivity contribution in [1.29, 1.82) is 0 Å². The van der Waals surface area contributed by atoms with Crippen LogP contribution in [0.1, 0.15) is 33.8 Å². The molecule has 1 N–H and O–H groups in total. The van der Waals surface area contributed by atoms with Gasteiger partial charge in [0.05, 0.1) is 18.0 Å². The Morgan fingerprint density at radius 2 is 1.50 bits per heavy atom. The lowest BCUT2D eigenvalue weighted by Gasteiger charge is -2.18. The number of benzene rings is 2. The summed E-state index contributed by atoms with van der Waals surface area (Å²) < 4.78 is 0. The van der Waals surface area contributed by atoms with Crippen LogP contribution in [0.3, 0.4) is 0 Å². The number of aromatic nitrogens is 2. The van der Waals surface area contributed by atoms with Gasteiger partial charge in [-0.3, -0.25) is 4.79 Å². The Kier molecular flexibility index (Phi) is 5.30. The van der Waals surface area contributed by atoms with Crippen molar-refractivity contribution < 1.29 is 4.79 Å². The van der Waals surface area contributed by atoms with Crippen molar-refractivity contribution in [3.05, 3.63) is 95.8 Å². The van der Waals surface area contributed by atoms with Gasteiger partial charge in [0.25, 0.3) is 5.91 Å². The van der Waals surface area contributed by atoms with Crippen LogP contribution in [-0.2, 0) is 0 Å². The number of nitrogens with zero attached hydrogens (tertiary/aromatic N) is 2. The summed E-state index contributed by atoms with van der Waals surface area (Å²) in [5.74, 6) is 0.132. The minimum atomic E-state index is -0.121. The average molecular weight is 317 g/mol. The first-order chi connectivity index (χ1) is 11.8. The highest BCUT2D eigenvalue weighted by Crippen LogP contribution is 2.27. The summed E-state index contributed by atoms with van der Waals surface area (Å²) in [5, 5.41) is 10.4. The zero-order valence-corrected chi connectivity index (χ0v) is 13.3. The summed E-state index contributed by atoms with van der Waals surface area (Å²) in [4.78, 5) is 12.1. The van der Waals surface area contributed by atoms with Gasteiger partial charge >= 0.3 is 0 Å². The molecule has 0 aliphatic heterocycles. The first-order valence-electron chi connectivity index (χ1n) is 7.99. The number of hydrogen-bond donors (Lipinski definition) is 1. The summed E-state index contributed by atoms with van der Waals surface area (Å²) in [6.07, 6.45) is 3.82. The molecule has 3 aromatic rings. The molecule has 120 valence electrons. The van der Waals surface area contributed by atoms with Crippen LogP contribution < -0.4 is 5.32 Å². The molecule has 0 bridgehead atoms. The third kappa shape index (κ3) is 4.04. The van der Waals surface area contributed by atoms with Gasteiger partial charge in [0, 0.05) is 12.5 Å². The van der Waals surface area contributed by atoms with Gasteiger partial charge in [-0.2, -0.15) is 10.2 Å². The number of rotatable bonds is 6. The molecule has 0 unspecified atom stereocenters. The largest absolute Gasteiger partial charge is 0.352 e. The first kappa shape index (κ1) is 15.9. The standard InChI is InChI=1S/C20H19N3O/c24-20(18-11-14-22-23-15-18)21-13-12-19(16-7-3-1-4-8-16)17-9-5-2-6-10-17/h1-11,14-15,19H,12-13H2,(H,21,24). The highest BCUT2D eigenvalue weighted by Gasteiger charge is 2.14. The van der Waals surface area contributed by atoms with E-state index in [1.807, 2.05) is 36.4 Å². The van der Waals surface area contributed by atoms with E-state index in [1.54, 1.807) is 6.07 Å². The van der Waals surface area contributed by atoms with Crippen LogP contribution in [0.4, 0.5) is 0 Å². The van der Waals surface area contributed by atoms with Crippen molar-refractivity contribution in [3.8, 4) is 0 Å². The first-order valence-corrected chi connectivity index (χ1v) is 7.99. The smallest absolute Gasteiger partial charge is 0.252 e. The molecular weight excluding hydrogens is 298 g/mol. The molecule has 0 aliphatic carbocycles. The van der Waals surface area contributed by atoms with Gasteiger partial charge in [0.2, 0.25) is 0 Å². The second-order valence-corrected chi connectivity index (χ2v) is 5.55.